The second-order valence-electron chi connectivity index (χ2n) is 5.48. The van der Waals surface area contributed by atoms with Crippen molar-refractivity contribution in [1.29, 1.82) is 0 Å². The maximum absolute atomic E-state index is 11.8. The van der Waals surface area contributed by atoms with Gasteiger partial charge in [-0.25, -0.2) is 4.98 Å². The van der Waals surface area contributed by atoms with Gasteiger partial charge in [-0.05, 0) is 25.7 Å². The summed E-state index contributed by atoms with van der Waals surface area (Å²) in [6.07, 6.45) is 4.66. The van der Waals surface area contributed by atoms with Crippen LogP contribution in [-0.4, -0.2) is 23.1 Å². The summed E-state index contributed by atoms with van der Waals surface area (Å²) < 4.78 is 0. The number of H-pyrrole nitrogens is 1. The lowest BCUT2D eigenvalue weighted by atomic mass is 10.0. The molecule has 0 saturated heterocycles. The molecule has 0 radical (unpaired) electrons. The molecule has 4 heteroatoms. The zero-order valence-corrected chi connectivity index (χ0v) is 12.3. The maximum Gasteiger partial charge on any atom is 0.252 e. The molecule has 0 spiro atoms. The van der Waals surface area contributed by atoms with Gasteiger partial charge in [0.15, 0.2) is 0 Å². The van der Waals surface area contributed by atoms with E-state index in [2.05, 4.69) is 35.6 Å². The van der Waals surface area contributed by atoms with E-state index in [1.54, 1.807) is 6.07 Å². The topological polar surface area (TPSA) is 49.0 Å². The van der Waals surface area contributed by atoms with Crippen molar-refractivity contribution in [3.05, 3.63) is 22.2 Å². The van der Waals surface area contributed by atoms with Crippen molar-refractivity contribution in [3.8, 4) is 0 Å². The van der Waals surface area contributed by atoms with Gasteiger partial charge in [-0.2, -0.15) is 0 Å². The lowest BCUT2D eigenvalue weighted by Crippen LogP contribution is -2.31. The molecular formula is C15H25N3O. The van der Waals surface area contributed by atoms with Crippen molar-refractivity contribution < 1.29 is 0 Å². The number of hydrogen-bond donors (Lipinski definition) is 1. The molecule has 0 aromatic carbocycles. The Labute approximate surface area is 115 Å². The van der Waals surface area contributed by atoms with Gasteiger partial charge in [-0.3, -0.25) is 4.79 Å². The van der Waals surface area contributed by atoms with Crippen LogP contribution < -0.4 is 10.5 Å². The predicted molar refractivity (Wildman–Crippen MR) is 78.8 cm³/mol. The van der Waals surface area contributed by atoms with Gasteiger partial charge in [0.2, 0.25) is 0 Å². The number of nitrogens with one attached hydrogen (secondary N) is 1. The molecule has 2 rings (SSSR count). The van der Waals surface area contributed by atoms with Crippen LogP contribution >= 0.6 is 0 Å². The Kier molecular flexibility index (Phi) is 4.61. The highest BCUT2D eigenvalue weighted by Gasteiger charge is 2.27. The summed E-state index contributed by atoms with van der Waals surface area (Å²) in [7, 11) is 0. The van der Waals surface area contributed by atoms with Gasteiger partial charge in [0.25, 0.3) is 5.56 Å². The first-order valence-electron chi connectivity index (χ1n) is 7.54. The number of hydrogen-bond acceptors (Lipinski definition) is 3. The SMILES string of the molecule is CCC(CC)CN(CC)c1cc(=O)[nH]c(C2CC2)n1. The number of nitrogens with zero attached hydrogens (tertiary/aromatic N) is 2. The summed E-state index contributed by atoms with van der Waals surface area (Å²) in [4.78, 5) is 21.5. The summed E-state index contributed by atoms with van der Waals surface area (Å²) in [5.74, 6) is 2.88. The van der Waals surface area contributed by atoms with Crippen molar-refractivity contribution in [1.82, 2.24) is 9.97 Å². The van der Waals surface area contributed by atoms with E-state index in [1.807, 2.05) is 0 Å². The minimum absolute atomic E-state index is 0.0186. The van der Waals surface area contributed by atoms with Crippen molar-refractivity contribution in [2.45, 2.75) is 52.4 Å². The molecule has 0 unspecified atom stereocenters. The van der Waals surface area contributed by atoms with Crippen molar-refractivity contribution in [3.63, 3.8) is 0 Å². The highest BCUT2D eigenvalue weighted by Crippen LogP contribution is 2.37. The molecule has 106 valence electrons. The molecule has 1 aliphatic rings. The second kappa shape index (κ2) is 6.22. The Morgan fingerprint density at radius 1 is 1.37 bits per heavy atom. The van der Waals surface area contributed by atoms with Gasteiger partial charge in [-0.15, -0.1) is 0 Å². The van der Waals surface area contributed by atoms with E-state index in [1.165, 1.54) is 12.8 Å². The minimum atomic E-state index is -0.0186. The normalized spacial score (nSPS) is 14.9. The van der Waals surface area contributed by atoms with E-state index >= 15 is 0 Å². The highest BCUT2D eigenvalue weighted by atomic mass is 16.1. The fourth-order valence-corrected chi connectivity index (χ4v) is 2.42. The molecule has 1 fully saturated rings. The van der Waals surface area contributed by atoms with Crippen molar-refractivity contribution in [2.24, 2.45) is 5.92 Å². The minimum Gasteiger partial charge on any atom is -0.356 e. The van der Waals surface area contributed by atoms with E-state index in [4.69, 9.17) is 0 Å². The summed E-state index contributed by atoms with van der Waals surface area (Å²) >= 11 is 0. The smallest absolute Gasteiger partial charge is 0.252 e. The maximum atomic E-state index is 11.8. The molecule has 0 bridgehead atoms. The lowest BCUT2D eigenvalue weighted by Gasteiger charge is -2.26. The Morgan fingerprint density at radius 3 is 2.58 bits per heavy atom. The van der Waals surface area contributed by atoms with Crippen LogP contribution in [0, 0.1) is 5.92 Å². The molecule has 1 N–H and O–H groups in total. The Hall–Kier alpha value is -1.32. The van der Waals surface area contributed by atoms with Crippen LogP contribution in [-0.2, 0) is 0 Å². The van der Waals surface area contributed by atoms with Crippen LogP contribution in [0.25, 0.3) is 0 Å². The summed E-state index contributed by atoms with van der Waals surface area (Å²) in [6.45, 7) is 8.47. The Morgan fingerprint density at radius 2 is 2.05 bits per heavy atom. The molecule has 0 amide bonds. The van der Waals surface area contributed by atoms with Gasteiger partial charge >= 0.3 is 0 Å². The average molecular weight is 263 g/mol. The fraction of sp³-hybridized carbons (Fsp3) is 0.733. The van der Waals surface area contributed by atoms with Gasteiger partial charge in [-0.1, -0.05) is 26.7 Å². The van der Waals surface area contributed by atoms with E-state index in [0.717, 1.165) is 37.6 Å². The third-order valence-electron chi connectivity index (χ3n) is 4.05. The first kappa shape index (κ1) is 14.1. The van der Waals surface area contributed by atoms with Crippen LogP contribution in [0.2, 0.25) is 0 Å². The third kappa shape index (κ3) is 3.58. The molecule has 1 aromatic rings. The largest absolute Gasteiger partial charge is 0.356 e. The number of rotatable bonds is 7. The standard InChI is InChI=1S/C15H25N3O/c1-4-11(5-2)10-18(6-3)13-9-14(19)17-15(16-13)12-7-8-12/h9,11-12H,4-8,10H2,1-3H3,(H,16,17,19). The molecule has 1 aromatic heterocycles. The van der Waals surface area contributed by atoms with Crippen LogP contribution in [0.3, 0.4) is 0 Å². The fourth-order valence-electron chi connectivity index (χ4n) is 2.42. The molecule has 1 saturated carbocycles. The quantitative estimate of drug-likeness (QED) is 0.823. The highest BCUT2D eigenvalue weighted by molar-refractivity contribution is 5.38. The lowest BCUT2D eigenvalue weighted by molar-refractivity contribution is 0.484. The van der Waals surface area contributed by atoms with Crippen molar-refractivity contribution in [2.75, 3.05) is 18.0 Å². The second-order valence-corrected chi connectivity index (χ2v) is 5.48. The zero-order chi connectivity index (χ0) is 13.8. The monoisotopic (exact) mass is 263 g/mol. The first-order valence-corrected chi connectivity index (χ1v) is 7.54. The van der Waals surface area contributed by atoms with E-state index in [9.17, 15) is 4.79 Å². The van der Waals surface area contributed by atoms with Crippen LogP contribution in [0.1, 0.15) is 58.2 Å². The third-order valence-corrected chi connectivity index (χ3v) is 4.05. The van der Waals surface area contributed by atoms with Crippen molar-refractivity contribution >= 4 is 5.82 Å². The van der Waals surface area contributed by atoms with Gasteiger partial charge in [0.1, 0.15) is 11.6 Å². The van der Waals surface area contributed by atoms with Gasteiger partial charge in [0.05, 0.1) is 0 Å². The van der Waals surface area contributed by atoms with Crippen LogP contribution in [0.15, 0.2) is 10.9 Å². The Bertz CT molecular complexity index is 461. The molecule has 1 heterocycles. The van der Waals surface area contributed by atoms with E-state index in [-0.39, 0.29) is 5.56 Å². The number of aromatic nitrogens is 2. The first-order chi connectivity index (χ1) is 9.17. The number of anilines is 1. The summed E-state index contributed by atoms with van der Waals surface area (Å²) in [6, 6.07) is 1.64. The van der Waals surface area contributed by atoms with Gasteiger partial charge in [0, 0.05) is 25.1 Å². The number of aromatic amines is 1. The zero-order valence-electron chi connectivity index (χ0n) is 12.3. The molecular weight excluding hydrogens is 238 g/mol. The van der Waals surface area contributed by atoms with E-state index in [0.29, 0.717) is 11.8 Å². The van der Waals surface area contributed by atoms with Crippen LogP contribution in [0.4, 0.5) is 5.82 Å². The Balaban J connectivity index is 2.19. The van der Waals surface area contributed by atoms with E-state index < -0.39 is 0 Å². The molecule has 19 heavy (non-hydrogen) atoms. The van der Waals surface area contributed by atoms with Crippen LogP contribution in [0.5, 0.6) is 0 Å². The van der Waals surface area contributed by atoms with Gasteiger partial charge < -0.3 is 9.88 Å². The molecule has 4 nitrogen and oxygen atoms in total. The molecule has 0 aliphatic heterocycles. The average Bonchev–Trinajstić information content (AvgIpc) is 3.24. The summed E-state index contributed by atoms with van der Waals surface area (Å²) in [5, 5.41) is 0. The molecule has 1 aliphatic carbocycles. The predicted octanol–water partition coefficient (Wildman–Crippen LogP) is 2.91. The summed E-state index contributed by atoms with van der Waals surface area (Å²) in [5.41, 5.74) is -0.0186. The molecule has 0 atom stereocenters.